The number of aryl methyl sites for hydroxylation is 1. The number of nitrogens with two attached hydrogens (primary N) is 1. The average molecular weight is 450 g/mol. The molecule has 4 heterocycles. The third-order valence-electron chi connectivity index (χ3n) is 5.37. The van der Waals surface area contributed by atoms with Gasteiger partial charge in [0.1, 0.15) is 0 Å². The van der Waals surface area contributed by atoms with Gasteiger partial charge in [-0.3, -0.25) is 9.82 Å². The Morgan fingerprint density at radius 1 is 1.22 bits per heavy atom. The van der Waals surface area contributed by atoms with Crippen LogP contribution in [0.3, 0.4) is 0 Å². The minimum atomic E-state index is -0.357. The normalized spacial score (nSPS) is 15.9. The van der Waals surface area contributed by atoms with Crippen molar-refractivity contribution >= 4 is 34.9 Å². The fourth-order valence-corrected chi connectivity index (χ4v) is 3.84. The Labute approximate surface area is 188 Å². The van der Waals surface area contributed by atoms with Gasteiger partial charge in [-0.25, -0.2) is 9.31 Å². The number of amides is 2. The van der Waals surface area contributed by atoms with Gasteiger partial charge >= 0.3 is 6.03 Å². The molecule has 32 heavy (non-hydrogen) atoms. The molecule has 0 radical (unpaired) electrons. The molecular weight excluding hydrogens is 430 g/mol. The zero-order chi connectivity index (χ0) is 22.2. The summed E-state index contributed by atoms with van der Waals surface area (Å²) in [6.07, 6.45) is 4.26. The van der Waals surface area contributed by atoms with Crippen LogP contribution in [0.4, 0.5) is 16.4 Å². The Kier molecular flexibility index (Phi) is 5.12. The Balaban J connectivity index is 1.39. The van der Waals surface area contributed by atoms with E-state index in [-0.39, 0.29) is 18.0 Å². The summed E-state index contributed by atoms with van der Waals surface area (Å²) < 4.78 is 1.61. The zero-order valence-corrected chi connectivity index (χ0v) is 18.0. The molecule has 9 nitrogen and oxygen atoms in total. The van der Waals surface area contributed by atoms with Crippen LogP contribution in [0.15, 0.2) is 54.9 Å². The minimum Gasteiger partial charge on any atom is -0.366 e. The maximum atomic E-state index is 13.0. The highest BCUT2D eigenvalue weighted by molar-refractivity contribution is 6.30. The number of hydrogen-bond donors (Lipinski definition) is 2. The Bertz CT molecular complexity index is 1310. The van der Waals surface area contributed by atoms with Gasteiger partial charge in [-0.2, -0.15) is 10.0 Å². The molecule has 0 saturated carbocycles. The number of rotatable bonds is 3. The number of carbonyl (C=O) groups is 1. The van der Waals surface area contributed by atoms with Crippen LogP contribution in [0.1, 0.15) is 23.7 Å². The van der Waals surface area contributed by atoms with Gasteiger partial charge in [0.05, 0.1) is 24.0 Å². The highest BCUT2D eigenvalue weighted by Crippen LogP contribution is 2.32. The Hall–Kier alpha value is -3.69. The predicted molar refractivity (Wildman–Crippen MR) is 121 cm³/mol. The number of aromatic nitrogens is 4. The molecule has 5 rings (SSSR count). The van der Waals surface area contributed by atoms with Crippen LogP contribution in [0, 0.1) is 6.92 Å². The van der Waals surface area contributed by atoms with E-state index in [1.54, 1.807) is 10.7 Å². The highest BCUT2D eigenvalue weighted by Gasteiger charge is 2.32. The second-order valence-electron chi connectivity index (χ2n) is 7.49. The molecule has 0 aliphatic carbocycles. The van der Waals surface area contributed by atoms with Crippen molar-refractivity contribution < 1.29 is 9.63 Å². The third kappa shape index (κ3) is 3.83. The Morgan fingerprint density at radius 3 is 2.84 bits per heavy atom. The molecule has 3 aromatic heterocycles. The van der Waals surface area contributed by atoms with E-state index < -0.39 is 0 Å². The van der Waals surface area contributed by atoms with Crippen molar-refractivity contribution in [1.29, 1.82) is 0 Å². The number of hydrogen-bond acceptors (Lipinski definition) is 6. The summed E-state index contributed by atoms with van der Waals surface area (Å²) in [5, 5.41) is 9.10. The van der Waals surface area contributed by atoms with Gasteiger partial charge in [-0.15, -0.1) is 5.10 Å². The number of nitrogen functional groups attached to an aromatic ring is 1. The number of halogens is 1. The maximum absolute atomic E-state index is 13.0. The van der Waals surface area contributed by atoms with Crippen molar-refractivity contribution in [2.75, 3.05) is 17.7 Å². The summed E-state index contributed by atoms with van der Waals surface area (Å²) in [4.78, 5) is 27.2. The largest absolute Gasteiger partial charge is 0.366 e. The molecule has 10 heteroatoms. The van der Waals surface area contributed by atoms with E-state index in [9.17, 15) is 4.79 Å². The van der Waals surface area contributed by atoms with Gasteiger partial charge in [0, 0.05) is 35.0 Å². The maximum Gasteiger partial charge on any atom is 0.346 e. The van der Waals surface area contributed by atoms with E-state index in [0.717, 1.165) is 16.7 Å². The molecule has 1 aliphatic rings. The number of hydroxylamine groups is 2. The first kappa shape index (κ1) is 20.2. The van der Waals surface area contributed by atoms with Crippen LogP contribution in [0.2, 0.25) is 5.02 Å². The lowest BCUT2D eigenvalue weighted by Crippen LogP contribution is -2.33. The molecule has 162 valence electrons. The first-order chi connectivity index (χ1) is 15.5. The summed E-state index contributed by atoms with van der Waals surface area (Å²) in [6.45, 7) is 2.29. The topological polar surface area (TPSA) is 111 Å². The van der Waals surface area contributed by atoms with E-state index >= 15 is 0 Å². The summed E-state index contributed by atoms with van der Waals surface area (Å²) in [7, 11) is 0. The first-order valence-corrected chi connectivity index (χ1v) is 10.4. The van der Waals surface area contributed by atoms with E-state index in [1.807, 2.05) is 55.6 Å². The zero-order valence-electron chi connectivity index (χ0n) is 17.2. The van der Waals surface area contributed by atoms with Gasteiger partial charge < -0.3 is 11.1 Å². The number of pyridine rings is 2. The standard InChI is InChI=1S/C22H20ClN7O2/c1-13-18(10-16(11-25-13)15-4-7-20-27-21(24)28-29(20)12-15)26-22(31)30-19(8-9-32-30)14-2-5-17(23)6-3-14/h2-7,10-12,19H,8-9H2,1H3,(H2,24,28)(H,26,31). The fourth-order valence-electron chi connectivity index (χ4n) is 3.72. The van der Waals surface area contributed by atoms with Crippen LogP contribution < -0.4 is 11.1 Å². The highest BCUT2D eigenvalue weighted by atomic mass is 35.5. The van der Waals surface area contributed by atoms with Crippen LogP contribution in [-0.2, 0) is 4.84 Å². The SMILES string of the molecule is Cc1ncc(-c2ccc3nc(N)nn3c2)cc1NC(=O)N1OCCC1c1ccc(Cl)cc1. The van der Waals surface area contributed by atoms with Crippen molar-refractivity contribution in [3.63, 3.8) is 0 Å². The van der Waals surface area contributed by atoms with E-state index in [4.69, 9.17) is 22.2 Å². The molecule has 1 aromatic carbocycles. The monoisotopic (exact) mass is 449 g/mol. The molecule has 1 fully saturated rings. The van der Waals surface area contributed by atoms with Crippen molar-refractivity contribution in [2.45, 2.75) is 19.4 Å². The van der Waals surface area contributed by atoms with Crippen LogP contribution in [0.5, 0.6) is 0 Å². The molecule has 1 aliphatic heterocycles. The van der Waals surface area contributed by atoms with Crippen LogP contribution in [0.25, 0.3) is 16.8 Å². The lowest BCUT2D eigenvalue weighted by Gasteiger charge is -2.23. The molecule has 3 N–H and O–H groups in total. The molecule has 1 unspecified atom stereocenters. The van der Waals surface area contributed by atoms with Gasteiger partial charge in [-0.05, 0) is 42.8 Å². The molecule has 0 bridgehead atoms. The third-order valence-corrected chi connectivity index (χ3v) is 5.62. The number of benzene rings is 1. The number of nitrogens with zero attached hydrogens (tertiary/aromatic N) is 5. The average Bonchev–Trinajstić information content (AvgIpc) is 3.41. The molecule has 1 atom stereocenters. The molecule has 4 aromatic rings. The second-order valence-corrected chi connectivity index (χ2v) is 7.93. The van der Waals surface area contributed by atoms with Crippen molar-refractivity contribution in [1.82, 2.24) is 24.6 Å². The fraction of sp³-hybridized carbons (Fsp3) is 0.182. The smallest absolute Gasteiger partial charge is 0.346 e. The lowest BCUT2D eigenvalue weighted by atomic mass is 10.1. The van der Waals surface area contributed by atoms with E-state index in [2.05, 4.69) is 20.4 Å². The van der Waals surface area contributed by atoms with Gasteiger partial charge in [0.2, 0.25) is 5.95 Å². The summed E-state index contributed by atoms with van der Waals surface area (Å²) in [5.74, 6) is 0.206. The first-order valence-electron chi connectivity index (χ1n) is 10.1. The number of fused-ring (bicyclic) bond motifs is 1. The lowest BCUT2D eigenvalue weighted by molar-refractivity contribution is -0.0829. The minimum absolute atomic E-state index is 0.191. The van der Waals surface area contributed by atoms with Gasteiger partial charge in [-0.1, -0.05) is 23.7 Å². The van der Waals surface area contributed by atoms with Gasteiger partial charge in [0.15, 0.2) is 5.65 Å². The summed E-state index contributed by atoms with van der Waals surface area (Å²) in [6, 6.07) is 12.5. The van der Waals surface area contributed by atoms with Crippen LogP contribution >= 0.6 is 11.6 Å². The summed E-state index contributed by atoms with van der Waals surface area (Å²) in [5.41, 5.74) is 10.3. The molecule has 0 spiro atoms. The van der Waals surface area contributed by atoms with Crippen molar-refractivity contribution in [2.24, 2.45) is 0 Å². The van der Waals surface area contributed by atoms with E-state index in [1.165, 1.54) is 5.06 Å². The second kappa shape index (κ2) is 8.10. The number of anilines is 2. The van der Waals surface area contributed by atoms with Crippen molar-refractivity contribution in [3.8, 4) is 11.1 Å². The van der Waals surface area contributed by atoms with E-state index in [0.29, 0.717) is 35.1 Å². The van der Waals surface area contributed by atoms with Crippen molar-refractivity contribution in [3.05, 3.63) is 71.1 Å². The van der Waals surface area contributed by atoms with Crippen LogP contribution in [-0.4, -0.2) is 37.3 Å². The predicted octanol–water partition coefficient (Wildman–Crippen LogP) is 4.25. The molecular formula is C22H20ClN7O2. The molecule has 1 saturated heterocycles. The van der Waals surface area contributed by atoms with Gasteiger partial charge in [0.25, 0.3) is 0 Å². The number of urea groups is 1. The Morgan fingerprint density at radius 2 is 2.03 bits per heavy atom. The molecule has 2 amide bonds. The quantitative estimate of drug-likeness (QED) is 0.483. The summed E-state index contributed by atoms with van der Waals surface area (Å²) >= 11 is 5.99. The number of nitrogens with one attached hydrogen (secondary N) is 1. The number of carbonyl (C=O) groups excluding carboxylic acids is 1.